The van der Waals surface area contributed by atoms with Crippen LogP contribution in [-0.2, 0) is 21.5 Å². The Labute approximate surface area is 177 Å². The summed E-state index contributed by atoms with van der Waals surface area (Å²) in [6.07, 6.45) is 1.09. The van der Waals surface area contributed by atoms with Gasteiger partial charge in [-0.1, -0.05) is 32.9 Å². The number of benzene rings is 1. The average molecular weight is 419 g/mol. The fourth-order valence-electron chi connectivity index (χ4n) is 3.19. The molecule has 2 heterocycles. The molecule has 1 aromatic carbocycles. The van der Waals surface area contributed by atoms with E-state index in [1.807, 2.05) is 17.5 Å². The Hall–Kier alpha value is -1.96. The van der Waals surface area contributed by atoms with Crippen molar-refractivity contribution in [2.75, 3.05) is 38.2 Å². The Bertz CT molecular complexity index is 777. The number of carbonyl (C=O) groups excluding carboxylic acids is 1. The molecule has 1 fully saturated rings. The highest BCUT2D eigenvalue weighted by Crippen LogP contribution is 2.24. The largest absolute Gasteiger partial charge is 0.494 e. The van der Waals surface area contributed by atoms with E-state index in [-0.39, 0.29) is 11.3 Å². The van der Waals surface area contributed by atoms with Crippen molar-refractivity contribution in [1.29, 1.82) is 0 Å². The predicted molar refractivity (Wildman–Crippen MR) is 116 cm³/mol. The van der Waals surface area contributed by atoms with E-state index in [4.69, 9.17) is 9.47 Å². The number of aromatic nitrogens is 1. The SMILES string of the molecule is CC(C)(C)c1ccc(OCCCC(=O)Nc2nc(C[NH+]3CCOCC3)cs2)cc1. The van der Waals surface area contributed by atoms with Crippen molar-refractivity contribution >= 4 is 22.4 Å². The number of carbonyl (C=O) groups is 1. The summed E-state index contributed by atoms with van der Waals surface area (Å²) in [6, 6.07) is 8.18. The van der Waals surface area contributed by atoms with Gasteiger partial charge in [0.05, 0.1) is 19.8 Å². The second-order valence-electron chi connectivity index (χ2n) is 8.46. The lowest BCUT2D eigenvalue weighted by atomic mass is 9.87. The molecule has 1 aliphatic rings. The van der Waals surface area contributed by atoms with E-state index in [9.17, 15) is 4.79 Å². The summed E-state index contributed by atoms with van der Waals surface area (Å²) in [5, 5.41) is 5.61. The lowest BCUT2D eigenvalue weighted by Gasteiger charge is -2.22. The van der Waals surface area contributed by atoms with Crippen molar-refractivity contribution in [3.63, 3.8) is 0 Å². The third kappa shape index (κ3) is 7.10. The summed E-state index contributed by atoms with van der Waals surface area (Å²) >= 11 is 1.49. The predicted octanol–water partition coefficient (Wildman–Crippen LogP) is 2.65. The molecule has 0 atom stereocenters. The zero-order valence-corrected chi connectivity index (χ0v) is 18.4. The van der Waals surface area contributed by atoms with Crippen molar-refractivity contribution in [2.24, 2.45) is 0 Å². The zero-order valence-electron chi connectivity index (χ0n) is 17.6. The number of anilines is 1. The molecule has 0 unspecified atom stereocenters. The van der Waals surface area contributed by atoms with E-state index in [2.05, 4.69) is 43.2 Å². The van der Waals surface area contributed by atoms with Crippen LogP contribution in [0.15, 0.2) is 29.6 Å². The maximum absolute atomic E-state index is 12.2. The minimum atomic E-state index is -0.0173. The molecule has 1 aliphatic heterocycles. The number of nitrogens with one attached hydrogen (secondary N) is 2. The summed E-state index contributed by atoms with van der Waals surface area (Å²) < 4.78 is 11.1. The smallest absolute Gasteiger partial charge is 0.226 e. The number of nitrogens with zero attached hydrogens (tertiary/aromatic N) is 1. The summed E-state index contributed by atoms with van der Waals surface area (Å²) in [5.41, 5.74) is 2.45. The Morgan fingerprint density at radius 2 is 1.97 bits per heavy atom. The van der Waals surface area contributed by atoms with E-state index in [0.29, 0.717) is 24.6 Å². The van der Waals surface area contributed by atoms with E-state index >= 15 is 0 Å². The second kappa shape index (κ2) is 10.2. The van der Waals surface area contributed by atoms with Gasteiger partial charge in [-0.2, -0.15) is 0 Å². The van der Waals surface area contributed by atoms with Crippen molar-refractivity contribution in [1.82, 2.24) is 4.98 Å². The Kier molecular flexibility index (Phi) is 7.64. The van der Waals surface area contributed by atoms with Gasteiger partial charge in [0.25, 0.3) is 0 Å². The molecule has 1 aromatic heterocycles. The molecule has 3 rings (SSSR count). The second-order valence-corrected chi connectivity index (χ2v) is 9.32. The number of thiazole rings is 1. The minimum absolute atomic E-state index is 0.0173. The molecule has 158 valence electrons. The minimum Gasteiger partial charge on any atom is -0.494 e. The first-order chi connectivity index (χ1) is 13.9. The highest BCUT2D eigenvalue weighted by atomic mass is 32.1. The third-order valence-electron chi connectivity index (χ3n) is 4.97. The molecule has 2 aromatic rings. The number of hydrogen-bond donors (Lipinski definition) is 2. The summed E-state index contributed by atoms with van der Waals surface area (Å²) in [5.74, 6) is 0.824. The molecule has 29 heavy (non-hydrogen) atoms. The molecule has 1 saturated heterocycles. The van der Waals surface area contributed by atoms with Gasteiger partial charge in [0.1, 0.15) is 31.1 Å². The van der Waals surface area contributed by atoms with E-state index in [1.165, 1.54) is 21.8 Å². The van der Waals surface area contributed by atoms with Crippen molar-refractivity contribution in [3.8, 4) is 5.75 Å². The monoisotopic (exact) mass is 418 g/mol. The molecular weight excluding hydrogens is 386 g/mol. The lowest BCUT2D eigenvalue weighted by Crippen LogP contribution is -3.12. The maximum atomic E-state index is 12.2. The number of morpholine rings is 1. The molecule has 2 N–H and O–H groups in total. The van der Waals surface area contributed by atoms with E-state index in [1.54, 1.807) is 0 Å². The molecule has 1 amide bonds. The topological polar surface area (TPSA) is 64.9 Å². The normalized spacial score (nSPS) is 15.3. The van der Waals surface area contributed by atoms with Crippen molar-refractivity contribution < 1.29 is 19.2 Å². The zero-order chi connectivity index (χ0) is 20.7. The molecule has 6 nitrogen and oxygen atoms in total. The fourth-order valence-corrected chi connectivity index (χ4v) is 3.92. The van der Waals surface area contributed by atoms with Gasteiger partial charge in [0.2, 0.25) is 5.91 Å². The van der Waals surface area contributed by atoms with Crippen LogP contribution in [0.4, 0.5) is 5.13 Å². The third-order valence-corrected chi connectivity index (χ3v) is 5.77. The first kappa shape index (κ1) is 21.7. The average Bonchev–Trinajstić information content (AvgIpc) is 3.12. The number of ether oxygens (including phenoxy) is 2. The van der Waals surface area contributed by atoms with Gasteiger partial charge in [-0.15, -0.1) is 11.3 Å². The number of amides is 1. The summed E-state index contributed by atoms with van der Waals surface area (Å²) in [7, 11) is 0. The van der Waals surface area contributed by atoms with Crippen LogP contribution >= 0.6 is 11.3 Å². The summed E-state index contributed by atoms with van der Waals surface area (Å²) in [4.78, 5) is 18.2. The van der Waals surface area contributed by atoms with Crippen molar-refractivity contribution in [3.05, 3.63) is 40.9 Å². The molecule has 7 heteroatoms. The standard InChI is InChI=1S/C22H31N3O3S/c1-22(2,3)17-6-8-19(9-7-17)28-12-4-5-20(26)24-21-23-18(16-29-21)15-25-10-13-27-14-11-25/h6-9,16H,4-5,10-15H2,1-3H3,(H,23,24,26)/p+1. The fraction of sp³-hybridized carbons (Fsp3) is 0.545. The summed E-state index contributed by atoms with van der Waals surface area (Å²) in [6.45, 7) is 11.6. The molecular formula is C22H32N3O3S+. The first-order valence-electron chi connectivity index (χ1n) is 10.3. The van der Waals surface area contributed by atoms with Gasteiger partial charge in [-0.25, -0.2) is 4.98 Å². The van der Waals surface area contributed by atoms with Crippen LogP contribution in [0.1, 0.15) is 44.9 Å². The van der Waals surface area contributed by atoms with Gasteiger partial charge in [0.15, 0.2) is 5.13 Å². The van der Waals surface area contributed by atoms with Crippen LogP contribution < -0.4 is 15.0 Å². The highest BCUT2D eigenvalue weighted by Gasteiger charge is 2.16. The Balaban J connectivity index is 1.35. The van der Waals surface area contributed by atoms with Gasteiger partial charge < -0.3 is 19.7 Å². The lowest BCUT2D eigenvalue weighted by molar-refractivity contribution is -0.921. The first-order valence-corrected chi connectivity index (χ1v) is 11.2. The Morgan fingerprint density at radius 1 is 1.24 bits per heavy atom. The number of rotatable bonds is 8. The quantitative estimate of drug-likeness (QED) is 0.647. The van der Waals surface area contributed by atoms with Crippen LogP contribution in [0.5, 0.6) is 5.75 Å². The molecule has 0 bridgehead atoms. The molecule has 0 radical (unpaired) electrons. The Morgan fingerprint density at radius 3 is 2.66 bits per heavy atom. The highest BCUT2D eigenvalue weighted by molar-refractivity contribution is 7.13. The van der Waals surface area contributed by atoms with E-state index < -0.39 is 0 Å². The van der Waals surface area contributed by atoms with Crippen LogP contribution in [0.25, 0.3) is 0 Å². The molecule has 0 spiro atoms. The number of hydrogen-bond acceptors (Lipinski definition) is 5. The molecule has 0 aliphatic carbocycles. The maximum Gasteiger partial charge on any atom is 0.226 e. The van der Waals surface area contributed by atoms with Crippen LogP contribution in [0.2, 0.25) is 0 Å². The van der Waals surface area contributed by atoms with Gasteiger partial charge >= 0.3 is 0 Å². The van der Waals surface area contributed by atoms with Crippen LogP contribution in [0.3, 0.4) is 0 Å². The van der Waals surface area contributed by atoms with Crippen LogP contribution in [0, 0.1) is 0 Å². The number of quaternary nitrogens is 1. The van der Waals surface area contributed by atoms with Crippen molar-refractivity contribution in [2.45, 2.75) is 45.6 Å². The van der Waals surface area contributed by atoms with Gasteiger partial charge in [-0.3, -0.25) is 4.79 Å². The molecule has 0 saturated carbocycles. The van der Waals surface area contributed by atoms with Crippen LogP contribution in [-0.4, -0.2) is 43.8 Å². The van der Waals surface area contributed by atoms with Gasteiger partial charge in [-0.05, 0) is 29.5 Å². The van der Waals surface area contributed by atoms with Gasteiger partial charge in [0, 0.05) is 11.8 Å². The van der Waals surface area contributed by atoms with E-state index in [0.717, 1.165) is 44.3 Å².